The molecule has 136 valence electrons. The minimum Gasteiger partial charge on any atom is -0.380 e. The molecule has 1 fully saturated rings. The number of pyridine rings is 1. The number of rotatable bonds is 5. The van der Waals surface area contributed by atoms with Gasteiger partial charge in [-0.15, -0.1) is 11.3 Å². The molecule has 0 saturated carbocycles. The molecule has 1 saturated heterocycles. The van der Waals surface area contributed by atoms with Crippen molar-refractivity contribution < 1.29 is 17.9 Å². The highest BCUT2D eigenvalue weighted by molar-refractivity contribution is 7.15. The van der Waals surface area contributed by atoms with Crippen LogP contribution in [0.1, 0.15) is 10.4 Å². The van der Waals surface area contributed by atoms with E-state index in [0.29, 0.717) is 23.5 Å². The van der Waals surface area contributed by atoms with Gasteiger partial charge in [-0.05, 0) is 30.0 Å². The lowest BCUT2D eigenvalue weighted by Crippen LogP contribution is -2.24. The van der Waals surface area contributed by atoms with Crippen LogP contribution >= 0.6 is 11.3 Å². The Labute approximate surface area is 147 Å². The van der Waals surface area contributed by atoms with E-state index in [2.05, 4.69) is 20.6 Å². The zero-order valence-corrected chi connectivity index (χ0v) is 14.3. The number of hydrogen-bond acceptors (Lipinski definition) is 6. The van der Waals surface area contributed by atoms with Crippen LogP contribution < -0.4 is 10.6 Å². The van der Waals surface area contributed by atoms with Crippen LogP contribution in [0.5, 0.6) is 0 Å². The van der Waals surface area contributed by atoms with Crippen LogP contribution in [-0.4, -0.2) is 42.4 Å². The largest absolute Gasteiger partial charge is 0.393 e. The predicted octanol–water partition coefficient (Wildman–Crippen LogP) is 3.17. The molecule has 9 heteroatoms. The maximum atomic E-state index is 12.4. The smallest absolute Gasteiger partial charge is 0.380 e. The summed E-state index contributed by atoms with van der Waals surface area (Å²) in [5.74, 6) is 0.962. The molecule has 0 radical (unpaired) electrons. The molecule has 1 aliphatic heterocycles. The number of thiazole rings is 1. The van der Waals surface area contributed by atoms with Gasteiger partial charge in [0.05, 0.1) is 19.6 Å². The van der Waals surface area contributed by atoms with Gasteiger partial charge in [0.25, 0.3) is 0 Å². The third-order valence-corrected chi connectivity index (χ3v) is 4.63. The number of halogens is 3. The van der Waals surface area contributed by atoms with Crippen molar-refractivity contribution in [3.05, 3.63) is 35.0 Å². The first-order valence-corrected chi connectivity index (χ1v) is 8.81. The van der Waals surface area contributed by atoms with Gasteiger partial charge in [-0.3, -0.25) is 0 Å². The first-order valence-electron chi connectivity index (χ1n) is 8.00. The number of nitrogens with zero attached hydrogens (tertiary/aromatic N) is 2. The summed E-state index contributed by atoms with van der Waals surface area (Å²) in [5.41, 5.74) is 1.10. The van der Waals surface area contributed by atoms with Crippen molar-refractivity contribution in [3.63, 3.8) is 0 Å². The lowest BCUT2D eigenvalue weighted by molar-refractivity contribution is -0.126. The summed E-state index contributed by atoms with van der Waals surface area (Å²) in [6.45, 7) is 3.21. The van der Waals surface area contributed by atoms with Crippen LogP contribution in [-0.2, 0) is 17.6 Å². The summed E-state index contributed by atoms with van der Waals surface area (Å²) < 4.78 is 42.8. The second-order valence-electron chi connectivity index (χ2n) is 5.95. The van der Waals surface area contributed by atoms with E-state index in [4.69, 9.17) is 4.74 Å². The Bertz CT molecular complexity index is 684. The lowest BCUT2D eigenvalue weighted by atomic mass is 10.0. The molecule has 0 aromatic carbocycles. The Hall–Kier alpha value is -1.71. The summed E-state index contributed by atoms with van der Waals surface area (Å²) in [6, 6.07) is 3.84. The third-order valence-electron chi connectivity index (χ3n) is 3.72. The Kier molecular flexibility index (Phi) is 5.87. The number of ether oxygens (including phenoxy) is 1. The molecule has 3 rings (SSSR count). The molecule has 2 N–H and O–H groups in total. The average Bonchev–Trinajstić information content (AvgIpc) is 2.80. The normalized spacial score (nSPS) is 18.8. The molecule has 2 aromatic heterocycles. The monoisotopic (exact) mass is 372 g/mol. The molecule has 0 unspecified atom stereocenters. The average molecular weight is 372 g/mol. The first-order chi connectivity index (χ1) is 12.0. The highest BCUT2D eigenvalue weighted by atomic mass is 32.1. The summed E-state index contributed by atoms with van der Waals surface area (Å²) >= 11 is 0.987. The molecule has 3 heterocycles. The maximum Gasteiger partial charge on any atom is 0.393 e. The number of aromatic nitrogens is 2. The Morgan fingerprint density at radius 1 is 1.36 bits per heavy atom. The fourth-order valence-corrected chi connectivity index (χ4v) is 3.50. The van der Waals surface area contributed by atoms with Crippen molar-refractivity contribution in [2.24, 2.45) is 5.92 Å². The van der Waals surface area contributed by atoms with Gasteiger partial charge in [-0.2, -0.15) is 13.2 Å². The number of nitrogens with one attached hydrogen (secondary N) is 2. The molecule has 1 atom stereocenters. The molecule has 25 heavy (non-hydrogen) atoms. The zero-order valence-electron chi connectivity index (χ0n) is 13.5. The molecular weight excluding hydrogens is 353 g/mol. The summed E-state index contributed by atoms with van der Waals surface area (Å²) in [6.07, 6.45) is -1.40. The van der Waals surface area contributed by atoms with Crippen LogP contribution in [0, 0.1) is 5.92 Å². The van der Waals surface area contributed by atoms with Gasteiger partial charge in [-0.25, -0.2) is 9.97 Å². The predicted molar refractivity (Wildman–Crippen MR) is 90.3 cm³/mol. The lowest BCUT2D eigenvalue weighted by Gasteiger charge is -2.14. The maximum absolute atomic E-state index is 12.4. The van der Waals surface area contributed by atoms with Gasteiger partial charge in [0.2, 0.25) is 0 Å². The number of hydrogen-bond donors (Lipinski definition) is 2. The fraction of sp³-hybridized carbons (Fsp3) is 0.500. The van der Waals surface area contributed by atoms with Gasteiger partial charge in [-0.1, -0.05) is 0 Å². The molecule has 5 nitrogen and oxygen atoms in total. The third kappa shape index (κ3) is 5.94. The molecule has 1 aliphatic rings. The molecule has 0 bridgehead atoms. The van der Waals surface area contributed by atoms with E-state index < -0.39 is 12.6 Å². The summed E-state index contributed by atoms with van der Waals surface area (Å²) in [7, 11) is 0. The van der Waals surface area contributed by atoms with E-state index in [0.717, 1.165) is 43.0 Å². The van der Waals surface area contributed by atoms with E-state index in [9.17, 15) is 13.2 Å². The minimum atomic E-state index is -4.23. The van der Waals surface area contributed by atoms with Crippen molar-refractivity contribution in [2.45, 2.75) is 19.0 Å². The van der Waals surface area contributed by atoms with Crippen LogP contribution in [0.15, 0.2) is 24.5 Å². The molecular formula is C16H19F3N4OS. The Morgan fingerprint density at radius 2 is 2.24 bits per heavy atom. The van der Waals surface area contributed by atoms with E-state index >= 15 is 0 Å². The van der Waals surface area contributed by atoms with Crippen molar-refractivity contribution >= 4 is 22.3 Å². The van der Waals surface area contributed by atoms with Crippen LogP contribution in [0.3, 0.4) is 0 Å². The second-order valence-corrected chi connectivity index (χ2v) is 7.06. The van der Waals surface area contributed by atoms with Crippen LogP contribution in [0.4, 0.5) is 24.1 Å². The van der Waals surface area contributed by atoms with E-state index in [1.54, 1.807) is 6.20 Å². The SMILES string of the molecule is FC(F)(F)Cc1cnc(Nc2cc(C[C@@H]3CNCCOC3)ccn2)s1. The van der Waals surface area contributed by atoms with Crippen molar-refractivity contribution in [3.8, 4) is 0 Å². The van der Waals surface area contributed by atoms with E-state index in [1.807, 2.05) is 12.1 Å². The Balaban J connectivity index is 1.61. The number of alkyl halides is 3. The fourth-order valence-electron chi connectivity index (χ4n) is 2.65. The van der Waals surface area contributed by atoms with Gasteiger partial charge >= 0.3 is 6.18 Å². The molecule has 2 aromatic rings. The molecule has 0 aliphatic carbocycles. The van der Waals surface area contributed by atoms with Crippen LogP contribution in [0.25, 0.3) is 0 Å². The first kappa shape index (κ1) is 18.1. The highest BCUT2D eigenvalue weighted by Crippen LogP contribution is 2.28. The number of anilines is 2. The minimum absolute atomic E-state index is 0.174. The van der Waals surface area contributed by atoms with Crippen molar-refractivity contribution in [2.75, 3.05) is 31.6 Å². The second kappa shape index (κ2) is 8.11. The van der Waals surface area contributed by atoms with E-state index in [1.165, 1.54) is 6.20 Å². The van der Waals surface area contributed by atoms with Crippen molar-refractivity contribution in [1.82, 2.24) is 15.3 Å². The standard InChI is InChI=1S/C16H19F3N4OS/c17-16(18,19)7-13-9-22-15(25-13)23-14-6-11(1-2-21-14)5-12-8-20-3-4-24-10-12/h1-2,6,9,12,20H,3-5,7-8,10H2,(H,21,22,23)/t12-/m1/s1. The van der Waals surface area contributed by atoms with Gasteiger partial charge < -0.3 is 15.4 Å². The molecule has 0 spiro atoms. The van der Waals surface area contributed by atoms with E-state index in [-0.39, 0.29) is 4.88 Å². The van der Waals surface area contributed by atoms with Crippen LogP contribution in [0.2, 0.25) is 0 Å². The van der Waals surface area contributed by atoms with Crippen molar-refractivity contribution in [1.29, 1.82) is 0 Å². The van der Waals surface area contributed by atoms with Gasteiger partial charge in [0.15, 0.2) is 5.13 Å². The summed E-state index contributed by atoms with van der Waals surface area (Å²) in [5, 5.41) is 6.72. The molecule has 0 amide bonds. The topological polar surface area (TPSA) is 59.1 Å². The highest BCUT2D eigenvalue weighted by Gasteiger charge is 2.28. The van der Waals surface area contributed by atoms with Gasteiger partial charge in [0, 0.05) is 30.4 Å². The Morgan fingerprint density at radius 3 is 3.08 bits per heavy atom. The van der Waals surface area contributed by atoms with Gasteiger partial charge in [0.1, 0.15) is 5.82 Å². The quantitative estimate of drug-likeness (QED) is 0.844. The zero-order chi connectivity index (χ0) is 17.7. The summed E-state index contributed by atoms with van der Waals surface area (Å²) in [4.78, 5) is 8.38.